The van der Waals surface area contributed by atoms with Crippen LogP contribution in [0.2, 0.25) is 0 Å². The van der Waals surface area contributed by atoms with Crippen molar-refractivity contribution in [1.29, 1.82) is 0 Å². The highest BCUT2D eigenvalue weighted by Crippen LogP contribution is 2.32. The van der Waals surface area contributed by atoms with Gasteiger partial charge in [0.1, 0.15) is 5.75 Å². The topological polar surface area (TPSA) is 66.5 Å². The number of halogens is 4. The largest absolute Gasteiger partial charge is 0.508 e. The number of hydrogen-bond donors (Lipinski definition) is 3. The number of phenolic OH excluding ortho intramolecular Hbond substituents is 1. The number of phenols is 1. The van der Waals surface area contributed by atoms with Crippen LogP contribution >= 0.6 is 12.4 Å². The second-order valence-corrected chi connectivity index (χ2v) is 3.57. The molecule has 17 heavy (non-hydrogen) atoms. The van der Waals surface area contributed by atoms with Crippen molar-refractivity contribution in [2.45, 2.75) is 25.2 Å². The second-order valence-electron chi connectivity index (χ2n) is 3.57. The number of aryl methyl sites for hydroxylation is 1. The van der Waals surface area contributed by atoms with Gasteiger partial charge in [0, 0.05) is 5.56 Å². The quantitative estimate of drug-likeness (QED) is 0.771. The van der Waals surface area contributed by atoms with E-state index in [1.165, 1.54) is 18.2 Å². The fourth-order valence-electron chi connectivity index (χ4n) is 1.31. The van der Waals surface area contributed by atoms with Crippen molar-refractivity contribution in [1.82, 2.24) is 0 Å². The number of aliphatic hydroxyl groups is 1. The van der Waals surface area contributed by atoms with E-state index in [9.17, 15) is 18.3 Å². The molecule has 0 fully saturated rings. The Morgan fingerprint density at radius 2 is 1.82 bits per heavy atom. The van der Waals surface area contributed by atoms with E-state index in [-0.39, 0.29) is 23.7 Å². The van der Waals surface area contributed by atoms with Crippen molar-refractivity contribution in [3.05, 3.63) is 29.3 Å². The van der Waals surface area contributed by atoms with Crippen LogP contribution in [0.3, 0.4) is 0 Å². The van der Waals surface area contributed by atoms with Crippen molar-refractivity contribution >= 4 is 12.4 Å². The van der Waals surface area contributed by atoms with Crippen LogP contribution in [0.4, 0.5) is 13.2 Å². The Morgan fingerprint density at radius 3 is 2.29 bits per heavy atom. The molecule has 0 amide bonds. The van der Waals surface area contributed by atoms with E-state index in [0.29, 0.717) is 5.56 Å². The van der Waals surface area contributed by atoms with Crippen LogP contribution in [0.15, 0.2) is 18.2 Å². The molecule has 0 radical (unpaired) electrons. The van der Waals surface area contributed by atoms with E-state index in [1.807, 2.05) is 0 Å². The van der Waals surface area contributed by atoms with Crippen molar-refractivity contribution in [3.63, 3.8) is 0 Å². The minimum Gasteiger partial charge on any atom is -0.508 e. The first-order chi connectivity index (χ1) is 7.23. The lowest BCUT2D eigenvalue weighted by atomic mass is 9.99. The molecule has 0 aliphatic rings. The number of nitrogens with two attached hydrogens (primary N) is 1. The number of hydrogen-bond acceptors (Lipinski definition) is 3. The zero-order chi connectivity index (χ0) is 12.5. The summed E-state index contributed by atoms with van der Waals surface area (Å²) in [6, 6.07) is 2.40. The lowest BCUT2D eigenvalue weighted by Crippen LogP contribution is -2.38. The fraction of sp³-hybridized carbons (Fsp3) is 0.400. The summed E-state index contributed by atoms with van der Waals surface area (Å²) >= 11 is 0. The minimum atomic E-state index is -4.81. The van der Waals surface area contributed by atoms with Gasteiger partial charge in [0.05, 0.1) is 6.04 Å². The van der Waals surface area contributed by atoms with Crippen LogP contribution in [0.25, 0.3) is 0 Å². The molecular formula is C10H13ClF3NO2. The maximum absolute atomic E-state index is 12.2. The van der Waals surface area contributed by atoms with Crippen molar-refractivity contribution < 1.29 is 23.4 Å². The predicted molar refractivity (Wildman–Crippen MR) is 59.1 cm³/mol. The van der Waals surface area contributed by atoms with E-state index in [0.717, 1.165) is 0 Å². The summed E-state index contributed by atoms with van der Waals surface area (Å²) in [6.07, 6.45) is -7.50. The fourth-order valence-corrected chi connectivity index (χ4v) is 1.31. The monoisotopic (exact) mass is 271 g/mol. The first-order valence-corrected chi connectivity index (χ1v) is 4.53. The van der Waals surface area contributed by atoms with Crippen molar-refractivity contribution in [3.8, 4) is 5.75 Å². The number of benzene rings is 1. The maximum Gasteiger partial charge on any atom is 0.416 e. The predicted octanol–water partition coefficient (Wildman–Crippen LogP) is 2.05. The molecule has 0 spiro atoms. The molecule has 7 heteroatoms. The molecule has 0 aliphatic heterocycles. The standard InChI is InChI=1S/C10H12F3NO2.ClH/c1-5-2-3-7(15)6(4-5)8(14)9(16)10(11,12)13;/h2-4,8-9,15-16H,14H2,1H3;1H/t8-,9-;/m1./s1. The Balaban J connectivity index is 0.00000256. The van der Waals surface area contributed by atoms with Gasteiger partial charge in [-0.25, -0.2) is 0 Å². The molecule has 0 saturated carbocycles. The van der Waals surface area contributed by atoms with Gasteiger partial charge in [0.25, 0.3) is 0 Å². The third-order valence-corrected chi connectivity index (χ3v) is 2.22. The molecule has 0 aliphatic carbocycles. The molecule has 1 aromatic carbocycles. The van der Waals surface area contributed by atoms with E-state index in [1.54, 1.807) is 6.92 Å². The average Bonchev–Trinajstić information content (AvgIpc) is 2.18. The number of alkyl halides is 3. The third-order valence-electron chi connectivity index (χ3n) is 2.22. The zero-order valence-electron chi connectivity index (χ0n) is 8.90. The van der Waals surface area contributed by atoms with E-state index in [2.05, 4.69) is 0 Å². The molecule has 1 rings (SSSR count). The van der Waals surface area contributed by atoms with Crippen LogP contribution in [0, 0.1) is 6.92 Å². The van der Waals surface area contributed by atoms with Crippen LogP contribution in [-0.2, 0) is 0 Å². The van der Waals surface area contributed by atoms with Gasteiger partial charge in [-0.1, -0.05) is 17.7 Å². The minimum absolute atomic E-state index is 0. The summed E-state index contributed by atoms with van der Waals surface area (Å²) in [5.41, 5.74) is 5.79. The lowest BCUT2D eigenvalue weighted by Gasteiger charge is -2.22. The van der Waals surface area contributed by atoms with Crippen LogP contribution in [0.5, 0.6) is 5.75 Å². The number of aromatic hydroxyl groups is 1. The second kappa shape index (κ2) is 5.57. The van der Waals surface area contributed by atoms with Gasteiger partial charge in [-0.3, -0.25) is 0 Å². The van der Waals surface area contributed by atoms with Crippen LogP contribution in [0.1, 0.15) is 17.2 Å². The third kappa shape index (κ3) is 3.76. The van der Waals surface area contributed by atoms with Crippen LogP contribution in [-0.4, -0.2) is 22.5 Å². The highest BCUT2D eigenvalue weighted by atomic mass is 35.5. The molecule has 0 bridgehead atoms. The summed E-state index contributed by atoms with van der Waals surface area (Å²) in [5, 5.41) is 18.3. The van der Waals surface area contributed by atoms with E-state index >= 15 is 0 Å². The molecule has 4 N–H and O–H groups in total. The zero-order valence-corrected chi connectivity index (χ0v) is 9.72. The van der Waals surface area contributed by atoms with Gasteiger partial charge >= 0.3 is 6.18 Å². The Morgan fingerprint density at radius 1 is 1.29 bits per heavy atom. The molecule has 3 nitrogen and oxygen atoms in total. The molecular weight excluding hydrogens is 259 g/mol. The normalized spacial score (nSPS) is 14.9. The Kier molecular flexibility index (Phi) is 5.25. The Labute approximate surface area is 102 Å². The molecule has 98 valence electrons. The molecule has 0 heterocycles. The van der Waals surface area contributed by atoms with Gasteiger partial charge in [-0.15, -0.1) is 12.4 Å². The summed E-state index contributed by atoms with van der Waals surface area (Å²) in [7, 11) is 0. The van der Waals surface area contributed by atoms with Gasteiger partial charge < -0.3 is 15.9 Å². The molecule has 2 atom stereocenters. The maximum atomic E-state index is 12.2. The highest BCUT2D eigenvalue weighted by Gasteiger charge is 2.43. The summed E-state index contributed by atoms with van der Waals surface area (Å²) < 4.78 is 36.6. The van der Waals surface area contributed by atoms with Crippen molar-refractivity contribution in [2.75, 3.05) is 0 Å². The SMILES string of the molecule is Cc1ccc(O)c([C@@H](N)[C@@H](O)C(F)(F)F)c1.Cl. The Hall–Kier alpha value is -0.980. The number of aliphatic hydroxyl groups excluding tert-OH is 1. The summed E-state index contributed by atoms with van der Waals surface area (Å²) in [6.45, 7) is 1.65. The molecule has 0 unspecified atom stereocenters. The molecule has 0 aromatic heterocycles. The number of rotatable bonds is 2. The molecule has 0 saturated heterocycles. The summed E-state index contributed by atoms with van der Waals surface area (Å²) in [4.78, 5) is 0. The van der Waals surface area contributed by atoms with E-state index < -0.39 is 18.3 Å². The van der Waals surface area contributed by atoms with Crippen LogP contribution < -0.4 is 5.73 Å². The average molecular weight is 272 g/mol. The molecule has 1 aromatic rings. The lowest BCUT2D eigenvalue weighted by molar-refractivity contribution is -0.210. The van der Waals surface area contributed by atoms with Gasteiger partial charge in [0.2, 0.25) is 0 Å². The van der Waals surface area contributed by atoms with Gasteiger partial charge in [0.15, 0.2) is 6.10 Å². The summed E-state index contributed by atoms with van der Waals surface area (Å²) in [5.74, 6) is -0.360. The smallest absolute Gasteiger partial charge is 0.416 e. The first kappa shape index (κ1) is 16.0. The Bertz CT molecular complexity index is 384. The van der Waals surface area contributed by atoms with Gasteiger partial charge in [-0.05, 0) is 13.0 Å². The first-order valence-electron chi connectivity index (χ1n) is 4.53. The van der Waals surface area contributed by atoms with Gasteiger partial charge in [-0.2, -0.15) is 13.2 Å². The highest BCUT2D eigenvalue weighted by molar-refractivity contribution is 5.85. The van der Waals surface area contributed by atoms with Crippen molar-refractivity contribution in [2.24, 2.45) is 5.73 Å². The van der Waals surface area contributed by atoms with E-state index in [4.69, 9.17) is 10.8 Å².